The van der Waals surface area contributed by atoms with E-state index in [1.807, 2.05) is 62.0 Å². The van der Waals surface area contributed by atoms with Crippen molar-refractivity contribution in [3.63, 3.8) is 0 Å². The maximum absolute atomic E-state index is 12.3. The Labute approximate surface area is 131 Å². The second-order valence-corrected chi connectivity index (χ2v) is 5.99. The van der Waals surface area contributed by atoms with E-state index >= 15 is 0 Å². The van der Waals surface area contributed by atoms with E-state index in [1.54, 1.807) is 6.20 Å². The largest absolute Gasteiger partial charge is 0.372 e. The van der Waals surface area contributed by atoms with Gasteiger partial charge in [0.2, 0.25) is 5.91 Å². The Morgan fingerprint density at radius 3 is 2.64 bits per heavy atom. The number of benzene rings is 1. The predicted molar refractivity (Wildman–Crippen MR) is 88.7 cm³/mol. The first-order valence-electron chi connectivity index (χ1n) is 7.58. The third-order valence-electron chi connectivity index (χ3n) is 3.48. The fourth-order valence-corrected chi connectivity index (χ4v) is 2.15. The SMILES string of the molecule is Cc1ccc(NC(C)(C)C(=O)NCCCn2cccn2)cc1. The molecule has 5 heteroatoms. The molecule has 2 aromatic rings. The average molecular weight is 300 g/mol. The number of nitrogens with one attached hydrogen (secondary N) is 2. The van der Waals surface area contributed by atoms with E-state index in [9.17, 15) is 4.79 Å². The highest BCUT2D eigenvalue weighted by Crippen LogP contribution is 2.15. The summed E-state index contributed by atoms with van der Waals surface area (Å²) in [5.41, 5.74) is 1.50. The molecule has 0 radical (unpaired) electrons. The minimum absolute atomic E-state index is 0.00598. The molecule has 0 aliphatic rings. The van der Waals surface area contributed by atoms with E-state index in [1.165, 1.54) is 5.56 Å². The zero-order valence-corrected chi connectivity index (χ0v) is 13.5. The minimum Gasteiger partial charge on any atom is -0.372 e. The number of carbonyl (C=O) groups is 1. The van der Waals surface area contributed by atoms with Crippen molar-refractivity contribution in [2.45, 2.75) is 39.3 Å². The maximum atomic E-state index is 12.3. The molecule has 2 N–H and O–H groups in total. The van der Waals surface area contributed by atoms with Crippen LogP contribution in [0.5, 0.6) is 0 Å². The standard InChI is InChI=1S/C17H24N4O/c1-14-6-8-15(9-7-14)20-17(2,3)16(22)18-10-4-12-21-13-5-11-19-21/h5-9,11,13,20H,4,10,12H2,1-3H3,(H,18,22). The smallest absolute Gasteiger partial charge is 0.245 e. The molecule has 2 rings (SSSR count). The molecule has 0 fully saturated rings. The van der Waals surface area contributed by atoms with Crippen molar-refractivity contribution >= 4 is 11.6 Å². The van der Waals surface area contributed by atoms with Crippen LogP contribution in [0.25, 0.3) is 0 Å². The molecule has 0 aliphatic carbocycles. The normalized spacial score (nSPS) is 11.2. The lowest BCUT2D eigenvalue weighted by Gasteiger charge is -2.26. The van der Waals surface area contributed by atoms with Crippen molar-refractivity contribution in [2.75, 3.05) is 11.9 Å². The molecule has 118 valence electrons. The third-order valence-corrected chi connectivity index (χ3v) is 3.48. The molecule has 0 spiro atoms. The van der Waals surface area contributed by atoms with Gasteiger partial charge in [-0.05, 0) is 45.4 Å². The van der Waals surface area contributed by atoms with Gasteiger partial charge in [0.05, 0.1) is 0 Å². The van der Waals surface area contributed by atoms with Gasteiger partial charge >= 0.3 is 0 Å². The fraction of sp³-hybridized carbons (Fsp3) is 0.412. The summed E-state index contributed by atoms with van der Waals surface area (Å²) in [6.07, 6.45) is 4.53. The van der Waals surface area contributed by atoms with Gasteiger partial charge in [-0.2, -0.15) is 5.10 Å². The lowest BCUT2D eigenvalue weighted by molar-refractivity contribution is -0.124. The van der Waals surface area contributed by atoms with E-state index in [0.29, 0.717) is 6.54 Å². The van der Waals surface area contributed by atoms with E-state index in [2.05, 4.69) is 15.7 Å². The summed E-state index contributed by atoms with van der Waals surface area (Å²) in [6.45, 7) is 7.25. The van der Waals surface area contributed by atoms with Crippen LogP contribution in [0, 0.1) is 6.92 Å². The topological polar surface area (TPSA) is 59.0 Å². The lowest BCUT2D eigenvalue weighted by atomic mass is 10.0. The molecule has 0 saturated heterocycles. The van der Waals surface area contributed by atoms with Crippen molar-refractivity contribution in [1.82, 2.24) is 15.1 Å². The number of anilines is 1. The Kier molecular flexibility index (Phi) is 5.20. The fourth-order valence-electron chi connectivity index (χ4n) is 2.15. The van der Waals surface area contributed by atoms with Crippen molar-refractivity contribution < 1.29 is 4.79 Å². The van der Waals surface area contributed by atoms with Crippen LogP contribution >= 0.6 is 0 Å². The first kappa shape index (κ1) is 16.1. The molecule has 5 nitrogen and oxygen atoms in total. The predicted octanol–water partition coefficient (Wildman–Crippen LogP) is 2.59. The maximum Gasteiger partial charge on any atom is 0.245 e. The van der Waals surface area contributed by atoms with Crippen molar-refractivity contribution in [1.29, 1.82) is 0 Å². The summed E-state index contributed by atoms with van der Waals surface area (Å²) < 4.78 is 1.86. The summed E-state index contributed by atoms with van der Waals surface area (Å²) >= 11 is 0. The summed E-state index contributed by atoms with van der Waals surface area (Å²) in [7, 11) is 0. The van der Waals surface area contributed by atoms with E-state index in [0.717, 1.165) is 18.7 Å². The number of nitrogens with zero attached hydrogens (tertiary/aromatic N) is 2. The average Bonchev–Trinajstić information content (AvgIpc) is 2.99. The Bertz CT molecular complexity index is 588. The second kappa shape index (κ2) is 7.11. The number of hydrogen-bond acceptors (Lipinski definition) is 3. The summed E-state index contributed by atoms with van der Waals surface area (Å²) in [5.74, 6) is -0.00598. The Balaban J connectivity index is 1.78. The van der Waals surface area contributed by atoms with Gasteiger partial charge in [0.25, 0.3) is 0 Å². The second-order valence-electron chi connectivity index (χ2n) is 5.99. The first-order chi connectivity index (χ1) is 10.5. The molecule has 1 aromatic heterocycles. The van der Waals surface area contributed by atoms with Crippen LogP contribution in [-0.4, -0.2) is 27.8 Å². The quantitative estimate of drug-likeness (QED) is 0.773. The zero-order valence-electron chi connectivity index (χ0n) is 13.5. The summed E-state index contributed by atoms with van der Waals surface area (Å²) in [5, 5.41) is 10.4. The van der Waals surface area contributed by atoms with E-state index < -0.39 is 5.54 Å². The molecule has 1 amide bonds. The van der Waals surface area contributed by atoms with Gasteiger partial charge in [-0.25, -0.2) is 0 Å². The molecule has 22 heavy (non-hydrogen) atoms. The van der Waals surface area contributed by atoms with Gasteiger partial charge in [-0.15, -0.1) is 0 Å². The van der Waals surface area contributed by atoms with Crippen LogP contribution in [0.1, 0.15) is 25.8 Å². The molecular formula is C17H24N4O. The Morgan fingerprint density at radius 2 is 2.00 bits per heavy atom. The molecule has 0 unspecified atom stereocenters. The first-order valence-corrected chi connectivity index (χ1v) is 7.58. The highest BCUT2D eigenvalue weighted by Gasteiger charge is 2.26. The molecule has 0 atom stereocenters. The molecule has 0 aliphatic heterocycles. The number of hydrogen-bond donors (Lipinski definition) is 2. The van der Waals surface area contributed by atoms with Gasteiger partial charge in [0.1, 0.15) is 5.54 Å². The van der Waals surface area contributed by atoms with Crippen LogP contribution in [0.15, 0.2) is 42.7 Å². The van der Waals surface area contributed by atoms with Gasteiger partial charge in [-0.1, -0.05) is 17.7 Å². The van der Waals surface area contributed by atoms with E-state index in [-0.39, 0.29) is 5.91 Å². The lowest BCUT2D eigenvalue weighted by Crippen LogP contribution is -2.48. The number of aromatic nitrogens is 2. The van der Waals surface area contributed by atoms with Gasteiger partial charge < -0.3 is 10.6 Å². The molecule has 0 bridgehead atoms. The molecular weight excluding hydrogens is 276 g/mol. The molecule has 1 heterocycles. The van der Waals surface area contributed by atoms with Crippen LogP contribution in [-0.2, 0) is 11.3 Å². The Hall–Kier alpha value is -2.30. The number of aryl methyl sites for hydroxylation is 2. The van der Waals surface area contributed by atoms with Crippen LogP contribution < -0.4 is 10.6 Å². The monoisotopic (exact) mass is 300 g/mol. The third kappa shape index (κ3) is 4.62. The van der Waals surface area contributed by atoms with Crippen molar-refractivity contribution in [3.8, 4) is 0 Å². The van der Waals surface area contributed by atoms with Crippen LogP contribution in [0.4, 0.5) is 5.69 Å². The Morgan fingerprint density at radius 1 is 1.27 bits per heavy atom. The van der Waals surface area contributed by atoms with E-state index in [4.69, 9.17) is 0 Å². The number of carbonyl (C=O) groups excluding carboxylic acids is 1. The van der Waals surface area contributed by atoms with Gasteiger partial charge in [0.15, 0.2) is 0 Å². The number of amides is 1. The van der Waals surface area contributed by atoms with Gasteiger partial charge in [0, 0.05) is 31.2 Å². The summed E-state index contributed by atoms with van der Waals surface area (Å²) in [4.78, 5) is 12.3. The molecule has 0 saturated carbocycles. The number of rotatable bonds is 7. The highest BCUT2D eigenvalue weighted by atomic mass is 16.2. The molecule has 1 aromatic carbocycles. The van der Waals surface area contributed by atoms with Gasteiger partial charge in [-0.3, -0.25) is 9.48 Å². The van der Waals surface area contributed by atoms with Crippen molar-refractivity contribution in [3.05, 3.63) is 48.3 Å². The van der Waals surface area contributed by atoms with Crippen molar-refractivity contribution in [2.24, 2.45) is 0 Å². The summed E-state index contributed by atoms with van der Waals surface area (Å²) in [6, 6.07) is 9.93. The van der Waals surface area contributed by atoms with Crippen LogP contribution in [0.2, 0.25) is 0 Å². The zero-order chi connectivity index (χ0) is 16.0. The van der Waals surface area contributed by atoms with Crippen LogP contribution in [0.3, 0.4) is 0 Å². The minimum atomic E-state index is -0.652. The highest BCUT2D eigenvalue weighted by molar-refractivity contribution is 5.88.